The van der Waals surface area contributed by atoms with E-state index in [1.54, 1.807) is 0 Å². The summed E-state index contributed by atoms with van der Waals surface area (Å²) in [6.07, 6.45) is 3.06. The third kappa shape index (κ3) is 3.10. The molecule has 0 aliphatic rings. The predicted molar refractivity (Wildman–Crippen MR) is 74.7 cm³/mol. The summed E-state index contributed by atoms with van der Waals surface area (Å²) in [6, 6.07) is 5.94. The van der Waals surface area contributed by atoms with E-state index in [0.29, 0.717) is 5.92 Å². The molecule has 0 radical (unpaired) electrons. The molecule has 0 spiro atoms. The zero-order valence-electron chi connectivity index (χ0n) is 11.0. The van der Waals surface area contributed by atoms with Crippen LogP contribution in [0.5, 0.6) is 0 Å². The lowest BCUT2D eigenvalue weighted by atomic mass is 10.1. The van der Waals surface area contributed by atoms with Crippen molar-refractivity contribution >= 4 is 11.6 Å². The van der Waals surface area contributed by atoms with Crippen LogP contribution in [-0.4, -0.2) is 15.0 Å². The van der Waals surface area contributed by atoms with E-state index >= 15 is 0 Å². The molecule has 0 amide bonds. The van der Waals surface area contributed by atoms with Crippen molar-refractivity contribution in [3.05, 3.63) is 35.0 Å². The average molecular weight is 264 g/mol. The lowest BCUT2D eigenvalue weighted by molar-refractivity contribution is 0.478. The van der Waals surface area contributed by atoms with E-state index in [2.05, 4.69) is 24.2 Å². The van der Waals surface area contributed by atoms with Gasteiger partial charge in [0.15, 0.2) is 0 Å². The minimum absolute atomic E-state index is 0.667. The Morgan fingerprint density at radius 1 is 1.33 bits per heavy atom. The fourth-order valence-electron chi connectivity index (χ4n) is 1.76. The Labute approximate surface area is 113 Å². The summed E-state index contributed by atoms with van der Waals surface area (Å²) in [5.74, 6) is 0.667. The number of hydrogen-bond donors (Lipinski definition) is 0. The maximum atomic E-state index is 6.19. The number of nitrogens with zero attached hydrogens (tertiary/aromatic N) is 3. The fourth-order valence-corrected chi connectivity index (χ4v) is 1.97. The maximum absolute atomic E-state index is 6.19. The Balaban J connectivity index is 2.21. The highest BCUT2D eigenvalue weighted by Gasteiger charge is 2.08. The van der Waals surface area contributed by atoms with Crippen molar-refractivity contribution in [3.63, 3.8) is 0 Å². The molecule has 0 saturated heterocycles. The molecule has 0 aliphatic carbocycles. The van der Waals surface area contributed by atoms with Crippen LogP contribution in [0.25, 0.3) is 11.3 Å². The first kappa shape index (κ1) is 13.1. The van der Waals surface area contributed by atoms with E-state index in [0.717, 1.165) is 29.2 Å². The van der Waals surface area contributed by atoms with E-state index in [-0.39, 0.29) is 0 Å². The van der Waals surface area contributed by atoms with Crippen molar-refractivity contribution in [2.45, 2.75) is 33.7 Å². The zero-order valence-corrected chi connectivity index (χ0v) is 11.8. The summed E-state index contributed by atoms with van der Waals surface area (Å²) in [5, 5.41) is 9.06. The second kappa shape index (κ2) is 5.53. The van der Waals surface area contributed by atoms with Gasteiger partial charge in [0, 0.05) is 12.1 Å². The summed E-state index contributed by atoms with van der Waals surface area (Å²) in [7, 11) is 0. The molecular formula is C14H18ClN3. The highest BCUT2D eigenvalue weighted by atomic mass is 35.5. The van der Waals surface area contributed by atoms with Gasteiger partial charge >= 0.3 is 0 Å². The molecule has 2 rings (SSSR count). The van der Waals surface area contributed by atoms with Crippen LogP contribution >= 0.6 is 11.6 Å². The third-order valence-corrected chi connectivity index (χ3v) is 3.20. The third-order valence-electron chi connectivity index (χ3n) is 2.87. The molecule has 4 heteroatoms. The summed E-state index contributed by atoms with van der Waals surface area (Å²) in [5.41, 5.74) is 2.96. The van der Waals surface area contributed by atoms with Gasteiger partial charge in [0.05, 0.1) is 11.2 Å². The maximum Gasteiger partial charge on any atom is 0.114 e. The molecule has 0 N–H and O–H groups in total. The van der Waals surface area contributed by atoms with Crippen LogP contribution < -0.4 is 0 Å². The van der Waals surface area contributed by atoms with E-state index < -0.39 is 0 Å². The Morgan fingerprint density at radius 3 is 2.83 bits per heavy atom. The van der Waals surface area contributed by atoms with Gasteiger partial charge in [-0.2, -0.15) is 0 Å². The van der Waals surface area contributed by atoms with Crippen molar-refractivity contribution in [2.75, 3.05) is 0 Å². The van der Waals surface area contributed by atoms with E-state index in [1.165, 1.54) is 5.56 Å². The van der Waals surface area contributed by atoms with Crippen molar-refractivity contribution in [1.82, 2.24) is 15.0 Å². The lowest BCUT2D eigenvalue weighted by Gasteiger charge is -2.03. The van der Waals surface area contributed by atoms with Crippen LogP contribution in [0.1, 0.15) is 25.8 Å². The van der Waals surface area contributed by atoms with Gasteiger partial charge in [0.2, 0.25) is 0 Å². The Morgan fingerprint density at radius 2 is 2.11 bits per heavy atom. The smallest absolute Gasteiger partial charge is 0.114 e. The van der Waals surface area contributed by atoms with Crippen LogP contribution in [0.3, 0.4) is 0 Å². The highest BCUT2D eigenvalue weighted by Crippen LogP contribution is 2.26. The SMILES string of the molecule is Cc1ccc(Cl)c(-c2cn(CCC(C)C)nn2)c1. The largest absolute Gasteiger partial charge is 0.252 e. The molecule has 0 atom stereocenters. The number of aryl methyl sites for hydroxylation is 2. The van der Waals surface area contributed by atoms with Crippen LogP contribution in [-0.2, 0) is 6.54 Å². The molecule has 0 unspecified atom stereocenters. The molecule has 0 saturated carbocycles. The lowest BCUT2D eigenvalue weighted by Crippen LogP contribution is -2.01. The number of hydrogen-bond acceptors (Lipinski definition) is 2. The molecule has 1 heterocycles. The zero-order chi connectivity index (χ0) is 13.1. The number of halogens is 1. The van der Waals surface area contributed by atoms with Gasteiger partial charge in [-0.05, 0) is 31.4 Å². The minimum atomic E-state index is 0.667. The molecule has 96 valence electrons. The molecule has 1 aromatic carbocycles. The van der Waals surface area contributed by atoms with Crippen molar-refractivity contribution < 1.29 is 0 Å². The molecule has 1 aromatic heterocycles. The summed E-state index contributed by atoms with van der Waals surface area (Å²) in [6.45, 7) is 7.35. The van der Waals surface area contributed by atoms with Gasteiger partial charge in [0.1, 0.15) is 5.69 Å². The van der Waals surface area contributed by atoms with Crippen molar-refractivity contribution in [3.8, 4) is 11.3 Å². The van der Waals surface area contributed by atoms with Gasteiger partial charge in [-0.1, -0.05) is 42.3 Å². The van der Waals surface area contributed by atoms with Gasteiger partial charge in [-0.15, -0.1) is 5.10 Å². The first-order valence-electron chi connectivity index (χ1n) is 6.23. The van der Waals surface area contributed by atoms with Gasteiger partial charge in [0.25, 0.3) is 0 Å². The summed E-state index contributed by atoms with van der Waals surface area (Å²) >= 11 is 6.19. The Hall–Kier alpha value is -1.35. The first-order valence-corrected chi connectivity index (χ1v) is 6.60. The second-order valence-electron chi connectivity index (χ2n) is 5.03. The van der Waals surface area contributed by atoms with Gasteiger partial charge < -0.3 is 0 Å². The monoisotopic (exact) mass is 263 g/mol. The molecule has 0 fully saturated rings. The molecule has 0 bridgehead atoms. The van der Waals surface area contributed by atoms with E-state index in [1.807, 2.05) is 36.0 Å². The molecule has 0 aliphatic heterocycles. The summed E-state index contributed by atoms with van der Waals surface area (Å²) < 4.78 is 1.88. The quantitative estimate of drug-likeness (QED) is 0.836. The highest BCUT2D eigenvalue weighted by molar-refractivity contribution is 6.33. The normalized spacial score (nSPS) is 11.2. The van der Waals surface area contributed by atoms with E-state index in [4.69, 9.17) is 11.6 Å². The average Bonchev–Trinajstić information content (AvgIpc) is 2.78. The topological polar surface area (TPSA) is 30.7 Å². The van der Waals surface area contributed by atoms with Gasteiger partial charge in [-0.3, -0.25) is 4.68 Å². The van der Waals surface area contributed by atoms with Crippen LogP contribution in [0.4, 0.5) is 0 Å². The van der Waals surface area contributed by atoms with Crippen molar-refractivity contribution in [2.24, 2.45) is 5.92 Å². The molecule has 18 heavy (non-hydrogen) atoms. The molecule has 2 aromatic rings. The van der Waals surface area contributed by atoms with Crippen LogP contribution in [0, 0.1) is 12.8 Å². The second-order valence-corrected chi connectivity index (χ2v) is 5.44. The van der Waals surface area contributed by atoms with E-state index in [9.17, 15) is 0 Å². The van der Waals surface area contributed by atoms with Crippen LogP contribution in [0.15, 0.2) is 24.4 Å². The first-order chi connectivity index (χ1) is 8.56. The van der Waals surface area contributed by atoms with Crippen molar-refractivity contribution in [1.29, 1.82) is 0 Å². The Kier molecular flexibility index (Phi) is 4.02. The fraction of sp³-hybridized carbons (Fsp3) is 0.429. The number of aromatic nitrogens is 3. The van der Waals surface area contributed by atoms with Crippen LogP contribution in [0.2, 0.25) is 5.02 Å². The van der Waals surface area contributed by atoms with Gasteiger partial charge in [-0.25, -0.2) is 0 Å². The predicted octanol–water partition coefficient (Wildman–Crippen LogP) is 3.95. The minimum Gasteiger partial charge on any atom is -0.252 e. The summed E-state index contributed by atoms with van der Waals surface area (Å²) in [4.78, 5) is 0. The number of benzene rings is 1. The molecular weight excluding hydrogens is 246 g/mol. The standard InChI is InChI=1S/C14H18ClN3/c1-10(2)6-7-18-9-14(16-17-18)12-8-11(3)4-5-13(12)15/h4-5,8-10H,6-7H2,1-3H3. The Bertz CT molecular complexity index is 532. The molecule has 3 nitrogen and oxygen atoms in total. The number of rotatable bonds is 4.